The van der Waals surface area contributed by atoms with E-state index in [0.29, 0.717) is 19.4 Å². The molecule has 2 aromatic carbocycles. The van der Waals surface area contributed by atoms with Gasteiger partial charge in [-0.05, 0) is 73.5 Å². The van der Waals surface area contributed by atoms with Crippen molar-refractivity contribution in [1.29, 1.82) is 0 Å². The monoisotopic (exact) mass is 507 g/mol. The first-order valence-corrected chi connectivity index (χ1v) is 13.7. The van der Waals surface area contributed by atoms with E-state index in [1.165, 1.54) is 19.3 Å². The third-order valence-corrected chi connectivity index (χ3v) is 7.82. The molecule has 0 amide bonds. The van der Waals surface area contributed by atoms with Gasteiger partial charge in [0.25, 0.3) is 0 Å². The van der Waals surface area contributed by atoms with Gasteiger partial charge in [-0.3, -0.25) is 9.69 Å². The quantitative estimate of drug-likeness (QED) is 0.344. The van der Waals surface area contributed by atoms with Gasteiger partial charge < -0.3 is 20.1 Å². The van der Waals surface area contributed by atoms with Crippen LogP contribution in [0.2, 0.25) is 0 Å². The summed E-state index contributed by atoms with van der Waals surface area (Å²) in [7, 11) is 0. The highest BCUT2D eigenvalue weighted by molar-refractivity contribution is 5.66. The average molecular weight is 508 g/mol. The van der Waals surface area contributed by atoms with Gasteiger partial charge in [0.05, 0.1) is 25.4 Å². The second-order valence-electron chi connectivity index (χ2n) is 10.4. The number of nitrogens with zero attached hydrogens (tertiary/aromatic N) is 1. The Morgan fingerprint density at radius 1 is 0.973 bits per heavy atom. The molecule has 2 aliphatic rings. The van der Waals surface area contributed by atoms with Crippen LogP contribution in [0.5, 0.6) is 0 Å². The molecule has 1 aliphatic heterocycles. The Balaban J connectivity index is 1.38. The van der Waals surface area contributed by atoms with E-state index in [1.807, 2.05) is 30.3 Å². The highest BCUT2D eigenvalue weighted by atomic mass is 16.5. The van der Waals surface area contributed by atoms with Crippen molar-refractivity contribution >= 4 is 5.97 Å². The number of aliphatic carboxylic acids is 1. The number of likely N-dealkylation sites (tertiary alicyclic amines) is 1. The third-order valence-electron chi connectivity index (χ3n) is 7.82. The molecule has 1 heterocycles. The summed E-state index contributed by atoms with van der Waals surface area (Å²) < 4.78 is 6.46. The Morgan fingerprint density at radius 3 is 2.46 bits per heavy atom. The standard InChI is InChI=1S/C31H41NO5/c33-21-24-9-8-10-26(19-24)25-15-13-23(14-16-25)22-37-29-20-28(34)31(32-17-6-3-7-18-32)27(29)11-4-1-2-5-12-30(35)36/h1-2,8-10,13-16,19,27-29,31,33-34H,3-7,11-12,17-18,20-22H2,(H,35,36)/b2-1-. The van der Waals surface area contributed by atoms with Gasteiger partial charge >= 0.3 is 5.97 Å². The van der Waals surface area contributed by atoms with Crippen LogP contribution in [0.25, 0.3) is 11.1 Å². The van der Waals surface area contributed by atoms with Crippen LogP contribution >= 0.6 is 0 Å². The van der Waals surface area contributed by atoms with Crippen molar-refractivity contribution in [2.45, 2.75) is 82.8 Å². The van der Waals surface area contributed by atoms with Crippen LogP contribution in [-0.4, -0.2) is 57.5 Å². The number of piperidine rings is 1. The Hall–Kier alpha value is -2.51. The molecule has 1 saturated carbocycles. The van der Waals surface area contributed by atoms with Gasteiger partial charge in [0.1, 0.15) is 0 Å². The van der Waals surface area contributed by atoms with Crippen molar-refractivity contribution in [2.24, 2.45) is 5.92 Å². The number of carboxylic acid groups (broad SMARTS) is 1. The summed E-state index contributed by atoms with van der Waals surface area (Å²) in [6.45, 7) is 2.62. The summed E-state index contributed by atoms with van der Waals surface area (Å²) in [5.41, 5.74) is 4.19. The number of hydrogen-bond donors (Lipinski definition) is 3. The molecule has 2 fully saturated rings. The molecule has 0 aromatic heterocycles. The van der Waals surface area contributed by atoms with Gasteiger partial charge in [-0.25, -0.2) is 0 Å². The van der Waals surface area contributed by atoms with E-state index >= 15 is 0 Å². The second kappa shape index (κ2) is 13.9. The van der Waals surface area contributed by atoms with E-state index in [2.05, 4.69) is 35.2 Å². The molecule has 37 heavy (non-hydrogen) atoms. The Morgan fingerprint density at radius 2 is 1.73 bits per heavy atom. The van der Waals surface area contributed by atoms with E-state index in [1.54, 1.807) is 0 Å². The fraction of sp³-hybridized carbons (Fsp3) is 0.516. The van der Waals surface area contributed by atoms with E-state index in [-0.39, 0.29) is 37.2 Å². The van der Waals surface area contributed by atoms with Crippen LogP contribution in [0.3, 0.4) is 0 Å². The zero-order valence-electron chi connectivity index (χ0n) is 21.7. The summed E-state index contributed by atoms with van der Waals surface area (Å²) in [4.78, 5) is 13.2. The number of hydrogen-bond acceptors (Lipinski definition) is 5. The first kappa shape index (κ1) is 27.5. The molecule has 1 saturated heterocycles. The van der Waals surface area contributed by atoms with E-state index in [4.69, 9.17) is 9.84 Å². The van der Waals surface area contributed by atoms with Gasteiger partial charge in [-0.1, -0.05) is 61.0 Å². The van der Waals surface area contributed by atoms with Crippen molar-refractivity contribution in [3.05, 3.63) is 71.8 Å². The molecule has 4 rings (SSSR count). The van der Waals surface area contributed by atoms with Gasteiger partial charge in [-0.15, -0.1) is 0 Å². The highest BCUT2D eigenvalue weighted by Gasteiger charge is 2.45. The predicted octanol–water partition coefficient (Wildman–Crippen LogP) is 5.17. The minimum atomic E-state index is -0.770. The molecule has 200 valence electrons. The first-order chi connectivity index (χ1) is 18.0. The zero-order chi connectivity index (χ0) is 26.0. The number of aliphatic hydroxyl groups excluding tert-OH is 2. The number of allylic oxidation sites excluding steroid dienone is 2. The number of benzene rings is 2. The molecule has 0 spiro atoms. The van der Waals surface area contributed by atoms with Crippen LogP contribution in [0.1, 0.15) is 62.5 Å². The van der Waals surface area contributed by atoms with Crippen molar-refractivity contribution < 1.29 is 24.9 Å². The van der Waals surface area contributed by atoms with Gasteiger partial charge in [-0.2, -0.15) is 0 Å². The Kier molecular flexibility index (Phi) is 10.3. The molecule has 3 N–H and O–H groups in total. The molecular weight excluding hydrogens is 466 g/mol. The fourth-order valence-electron chi connectivity index (χ4n) is 5.91. The summed E-state index contributed by atoms with van der Waals surface area (Å²) in [5.74, 6) is -0.522. The number of rotatable bonds is 12. The lowest BCUT2D eigenvalue weighted by Crippen LogP contribution is -2.47. The van der Waals surface area contributed by atoms with Crippen LogP contribution in [0.4, 0.5) is 0 Å². The normalized spacial score (nSPS) is 24.6. The molecule has 0 bridgehead atoms. The topological polar surface area (TPSA) is 90.2 Å². The molecule has 4 unspecified atom stereocenters. The highest BCUT2D eigenvalue weighted by Crippen LogP contribution is 2.38. The van der Waals surface area contributed by atoms with Crippen LogP contribution in [0.15, 0.2) is 60.7 Å². The largest absolute Gasteiger partial charge is 0.481 e. The molecule has 2 aromatic rings. The second-order valence-corrected chi connectivity index (χ2v) is 10.4. The van der Waals surface area contributed by atoms with Gasteiger partial charge in [0, 0.05) is 24.8 Å². The van der Waals surface area contributed by atoms with E-state index in [9.17, 15) is 15.0 Å². The van der Waals surface area contributed by atoms with Crippen molar-refractivity contribution in [2.75, 3.05) is 13.1 Å². The summed E-state index contributed by atoms with van der Waals surface area (Å²) in [6, 6.07) is 16.4. The molecule has 1 aliphatic carbocycles. The third kappa shape index (κ3) is 7.74. The predicted molar refractivity (Wildman–Crippen MR) is 145 cm³/mol. The maximum atomic E-state index is 11.1. The molecule has 6 nitrogen and oxygen atoms in total. The lowest BCUT2D eigenvalue weighted by Gasteiger charge is -2.38. The van der Waals surface area contributed by atoms with Crippen molar-refractivity contribution in [3.63, 3.8) is 0 Å². The maximum absolute atomic E-state index is 11.1. The number of ether oxygens (including phenoxy) is 1. The lowest BCUT2D eigenvalue weighted by atomic mass is 9.92. The first-order valence-electron chi connectivity index (χ1n) is 13.7. The summed E-state index contributed by atoms with van der Waals surface area (Å²) >= 11 is 0. The summed E-state index contributed by atoms with van der Waals surface area (Å²) in [6.07, 6.45) is 10.4. The van der Waals surface area contributed by atoms with Crippen LogP contribution in [0, 0.1) is 5.92 Å². The van der Waals surface area contributed by atoms with E-state index in [0.717, 1.165) is 48.2 Å². The van der Waals surface area contributed by atoms with Gasteiger partial charge in [0.2, 0.25) is 0 Å². The van der Waals surface area contributed by atoms with Gasteiger partial charge in [0.15, 0.2) is 0 Å². The fourth-order valence-corrected chi connectivity index (χ4v) is 5.91. The number of carbonyl (C=O) groups is 1. The molecule has 4 atom stereocenters. The lowest BCUT2D eigenvalue weighted by molar-refractivity contribution is -0.136. The average Bonchev–Trinajstić information content (AvgIpc) is 3.24. The molecule has 0 radical (unpaired) electrons. The summed E-state index contributed by atoms with van der Waals surface area (Å²) in [5, 5.41) is 29.3. The number of carboxylic acids is 1. The number of aliphatic hydroxyl groups is 2. The molecule has 6 heteroatoms. The van der Waals surface area contributed by atoms with E-state index < -0.39 is 5.97 Å². The molecular formula is C31H41NO5. The minimum Gasteiger partial charge on any atom is -0.481 e. The Labute approximate surface area is 220 Å². The Bertz CT molecular complexity index is 1010. The maximum Gasteiger partial charge on any atom is 0.303 e. The van der Waals surface area contributed by atoms with Crippen LogP contribution < -0.4 is 0 Å². The van der Waals surface area contributed by atoms with Crippen molar-refractivity contribution in [1.82, 2.24) is 4.90 Å². The van der Waals surface area contributed by atoms with Crippen LogP contribution in [-0.2, 0) is 22.7 Å². The van der Waals surface area contributed by atoms with Crippen molar-refractivity contribution in [3.8, 4) is 11.1 Å². The SMILES string of the molecule is O=C(O)CC/C=C\CCC1C(OCc2ccc(-c3cccc(CO)c3)cc2)CC(O)C1N1CCCCC1. The zero-order valence-corrected chi connectivity index (χ0v) is 21.7. The minimum absolute atomic E-state index is 0.00439. The smallest absolute Gasteiger partial charge is 0.303 e.